The summed E-state index contributed by atoms with van der Waals surface area (Å²) in [5.41, 5.74) is 0.399. The average Bonchev–Trinajstić information content (AvgIpc) is 3.21. The summed E-state index contributed by atoms with van der Waals surface area (Å²) in [6, 6.07) is 13.8. The van der Waals surface area contributed by atoms with Gasteiger partial charge in [-0.15, -0.1) is 0 Å². The van der Waals surface area contributed by atoms with Crippen LogP contribution in [0.3, 0.4) is 0 Å². The van der Waals surface area contributed by atoms with E-state index in [4.69, 9.17) is 20.8 Å². The Bertz CT molecular complexity index is 1100. The van der Waals surface area contributed by atoms with Crippen LogP contribution in [0.25, 0.3) is 0 Å². The van der Waals surface area contributed by atoms with Gasteiger partial charge in [0, 0.05) is 12.7 Å². The van der Waals surface area contributed by atoms with Gasteiger partial charge in [0.15, 0.2) is 0 Å². The molecule has 0 bridgehead atoms. The van der Waals surface area contributed by atoms with E-state index in [2.05, 4.69) is 4.72 Å². The van der Waals surface area contributed by atoms with Crippen LogP contribution in [0.1, 0.15) is 16.1 Å². The third-order valence-electron chi connectivity index (χ3n) is 4.14. The van der Waals surface area contributed by atoms with E-state index in [1.165, 1.54) is 48.6 Å². The summed E-state index contributed by atoms with van der Waals surface area (Å²) in [7, 11) is -0.740. The van der Waals surface area contributed by atoms with Gasteiger partial charge in [-0.3, -0.25) is 9.52 Å². The maximum Gasteiger partial charge on any atom is 0.261 e. The molecule has 1 aromatic heterocycles. The minimum absolute atomic E-state index is 0.0658. The Hall–Kier alpha value is -2.97. The summed E-state index contributed by atoms with van der Waals surface area (Å²) in [4.78, 5) is 14.3. The average molecular weight is 435 g/mol. The highest BCUT2D eigenvalue weighted by Crippen LogP contribution is 2.25. The van der Waals surface area contributed by atoms with Gasteiger partial charge >= 0.3 is 0 Å². The summed E-state index contributed by atoms with van der Waals surface area (Å²) in [5.74, 6) is 0.799. The van der Waals surface area contributed by atoms with E-state index in [0.717, 1.165) is 0 Å². The van der Waals surface area contributed by atoms with Crippen LogP contribution in [0.4, 0.5) is 5.69 Å². The molecule has 0 spiro atoms. The second-order valence-corrected chi connectivity index (χ2v) is 8.31. The second kappa shape index (κ2) is 8.59. The van der Waals surface area contributed by atoms with E-state index in [0.29, 0.717) is 11.5 Å². The molecule has 1 amide bonds. The quantitative estimate of drug-likeness (QED) is 0.606. The Morgan fingerprint density at radius 3 is 2.52 bits per heavy atom. The number of methoxy groups -OCH3 is 1. The number of halogens is 1. The van der Waals surface area contributed by atoms with E-state index < -0.39 is 10.0 Å². The number of amides is 1. The van der Waals surface area contributed by atoms with Crippen molar-refractivity contribution in [2.45, 2.75) is 11.4 Å². The topological polar surface area (TPSA) is 88.8 Å². The predicted molar refractivity (Wildman–Crippen MR) is 110 cm³/mol. The van der Waals surface area contributed by atoms with Crippen molar-refractivity contribution in [1.29, 1.82) is 0 Å². The molecule has 2 aromatic carbocycles. The number of hydrogen-bond donors (Lipinski definition) is 1. The van der Waals surface area contributed by atoms with Crippen molar-refractivity contribution in [2.75, 3.05) is 18.9 Å². The summed E-state index contributed by atoms with van der Waals surface area (Å²) in [5, 5.41) is 0.216. The third kappa shape index (κ3) is 4.90. The fourth-order valence-corrected chi connectivity index (χ4v) is 3.88. The SMILES string of the molecule is COc1ccc(S(=O)(=O)Nc2ccc(Cl)c(C(=O)N(C)Cc3ccco3)c2)cc1. The first-order valence-electron chi connectivity index (χ1n) is 8.54. The zero-order valence-electron chi connectivity index (χ0n) is 15.8. The maximum absolute atomic E-state index is 12.8. The van der Waals surface area contributed by atoms with E-state index >= 15 is 0 Å². The number of sulfonamides is 1. The molecular formula is C20H19ClN2O5S. The van der Waals surface area contributed by atoms with Crippen molar-refractivity contribution in [3.05, 3.63) is 77.2 Å². The molecule has 3 rings (SSSR count). The molecule has 0 radical (unpaired) electrons. The Labute approximate surface area is 173 Å². The van der Waals surface area contributed by atoms with E-state index in [1.54, 1.807) is 31.3 Å². The number of ether oxygens (including phenoxy) is 1. The van der Waals surface area contributed by atoms with Crippen LogP contribution in [0.15, 0.2) is 70.2 Å². The number of carbonyl (C=O) groups excluding carboxylic acids is 1. The molecule has 0 aliphatic heterocycles. The molecule has 1 N–H and O–H groups in total. The van der Waals surface area contributed by atoms with Crippen molar-refractivity contribution in [2.24, 2.45) is 0 Å². The Morgan fingerprint density at radius 1 is 1.17 bits per heavy atom. The highest BCUT2D eigenvalue weighted by molar-refractivity contribution is 7.92. The van der Waals surface area contributed by atoms with Gasteiger partial charge in [-0.05, 0) is 54.6 Å². The number of carbonyl (C=O) groups is 1. The van der Waals surface area contributed by atoms with Crippen LogP contribution in [-0.4, -0.2) is 33.4 Å². The predicted octanol–water partition coefficient (Wildman–Crippen LogP) is 4.01. The van der Waals surface area contributed by atoms with E-state index in [-0.39, 0.29) is 33.6 Å². The molecule has 152 valence electrons. The third-order valence-corrected chi connectivity index (χ3v) is 5.87. The fourth-order valence-electron chi connectivity index (χ4n) is 2.64. The monoisotopic (exact) mass is 434 g/mol. The van der Waals surface area contributed by atoms with Crippen molar-refractivity contribution in [1.82, 2.24) is 4.90 Å². The molecule has 0 aliphatic rings. The van der Waals surface area contributed by atoms with Gasteiger partial charge in [-0.25, -0.2) is 8.42 Å². The van der Waals surface area contributed by atoms with E-state index in [1.807, 2.05) is 0 Å². The fraction of sp³-hybridized carbons (Fsp3) is 0.150. The zero-order valence-corrected chi connectivity index (χ0v) is 17.3. The lowest BCUT2D eigenvalue weighted by Gasteiger charge is -2.17. The molecule has 29 heavy (non-hydrogen) atoms. The van der Waals surface area contributed by atoms with Gasteiger partial charge < -0.3 is 14.1 Å². The lowest BCUT2D eigenvalue weighted by Crippen LogP contribution is -2.26. The molecule has 0 saturated heterocycles. The van der Waals surface area contributed by atoms with Crippen LogP contribution in [0, 0.1) is 0 Å². The first kappa shape index (κ1) is 20.8. The number of furan rings is 1. The molecule has 7 nitrogen and oxygen atoms in total. The lowest BCUT2D eigenvalue weighted by atomic mass is 10.1. The maximum atomic E-state index is 12.8. The Morgan fingerprint density at radius 2 is 1.90 bits per heavy atom. The van der Waals surface area contributed by atoms with E-state index in [9.17, 15) is 13.2 Å². The smallest absolute Gasteiger partial charge is 0.261 e. The molecule has 0 aliphatic carbocycles. The van der Waals surface area contributed by atoms with Crippen molar-refractivity contribution < 1.29 is 22.4 Å². The van der Waals surface area contributed by atoms with Crippen molar-refractivity contribution in [3.8, 4) is 5.75 Å². The van der Waals surface area contributed by atoms with Crippen LogP contribution in [0.5, 0.6) is 5.75 Å². The number of nitrogens with one attached hydrogen (secondary N) is 1. The molecule has 0 fully saturated rings. The van der Waals surface area contributed by atoms with Crippen LogP contribution < -0.4 is 9.46 Å². The highest BCUT2D eigenvalue weighted by atomic mass is 35.5. The first-order chi connectivity index (χ1) is 13.8. The highest BCUT2D eigenvalue weighted by Gasteiger charge is 2.19. The van der Waals surface area contributed by atoms with Crippen molar-refractivity contribution in [3.63, 3.8) is 0 Å². The minimum Gasteiger partial charge on any atom is -0.497 e. The van der Waals surface area contributed by atoms with Gasteiger partial charge in [0.05, 0.1) is 35.4 Å². The lowest BCUT2D eigenvalue weighted by molar-refractivity contribution is 0.0775. The summed E-state index contributed by atoms with van der Waals surface area (Å²) in [6.07, 6.45) is 1.52. The summed E-state index contributed by atoms with van der Waals surface area (Å²) < 4.78 is 38.0. The number of benzene rings is 2. The second-order valence-electron chi connectivity index (χ2n) is 6.22. The van der Waals surface area contributed by atoms with Crippen LogP contribution in [-0.2, 0) is 16.6 Å². The van der Waals surface area contributed by atoms with Gasteiger partial charge in [-0.1, -0.05) is 11.6 Å². The number of anilines is 1. The zero-order chi connectivity index (χ0) is 21.0. The van der Waals surface area contributed by atoms with Crippen LogP contribution in [0.2, 0.25) is 5.02 Å². The molecule has 9 heteroatoms. The largest absolute Gasteiger partial charge is 0.497 e. The van der Waals surface area contributed by atoms with Gasteiger partial charge in [0.2, 0.25) is 0 Å². The Kier molecular flexibility index (Phi) is 6.14. The molecule has 1 heterocycles. The van der Waals surface area contributed by atoms with Crippen molar-refractivity contribution >= 4 is 33.2 Å². The summed E-state index contributed by atoms with van der Waals surface area (Å²) >= 11 is 6.18. The van der Waals surface area contributed by atoms with Gasteiger partial charge in [-0.2, -0.15) is 0 Å². The molecular weight excluding hydrogens is 416 g/mol. The normalized spacial score (nSPS) is 11.1. The van der Waals surface area contributed by atoms with Crippen LogP contribution >= 0.6 is 11.6 Å². The molecule has 0 unspecified atom stereocenters. The standard InChI is InChI=1S/C20H19ClN2O5S/c1-23(13-16-4-3-11-28-16)20(24)18-12-14(5-10-19(18)21)22-29(25,26)17-8-6-15(27-2)7-9-17/h3-12,22H,13H2,1-2H3. The minimum atomic E-state index is -3.84. The number of rotatable bonds is 7. The number of hydrogen-bond acceptors (Lipinski definition) is 5. The van der Waals surface area contributed by atoms with Gasteiger partial charge in [0.25, 0.3) is 15.9 Å². The number of nitrogens with zero attached hydrogens (tertiary/aromatic N) is 1. The molecule has 0 atom stereocenters. The molecule has 0 saturated carbocycles. The molecule has 3 aromatic rings. The Balaban J connectivity index is 1.81. The van der Waals surface area contributed by atoms with Gasteiger partial charge in [0.1, 0.15) is 11.5 Å². The summed E-state index contributed by atoms with van der Waals surface area (Å²) in [6.45, 7) is 0.254. The first-order valence-corrected chi connectivity index (χ1v) is 10.4.